The Balaban J connectivity index is 1.63. The Morgan fingerprint density at radius 2 is 1.88 bits per heavy atom. The van der Waals surface area contributed by atoms with E-state index in [1.807, 2.05) is 48.5 Å². The lowest BCUT2D eigenvalue weighted by Gasteiger charge is -2.26. The minimum Gasteiger partial charge on any atom is -0.493 e. The molecule has 1 saturated heterocycles. The van der Waals surface area contributed by atoms with Gasteiger partial charge in [-0.3, -0.25) is 14.3 Å². The molecule has 3 aromatic rings. The van der Waals surface area contributed by atoms with Crippen molar-refractivity contribution in [1.29, 1.82) is 0 Å². The maximum absolute atomic E-state index is 12.8. The normalized spacial score (nSPS) is 17.0. The number of amides is 1. The highest BCUT2D eigenvalue weighted by molar-refractivity contribution is 9.10. The van der Waals surface area contributed by atoms with Crippen LogP contribution in [-0.4, -0.2) is 53.3 Å². The van der Waals surface area contributed by atoms with E-state index in [0.717, 1.165) is 29.8 Å². The summed E-state index contributed by atoms with van der Waals surface area (Å²) >= 11 is 4.78. The molecule has 0 aliphatic carbocycles. The molecule has 9 heteroatoms. The average Bonchev–Trinajstić information content (AvgIpc) is 3.30. The van der Waals surface area contributed by atoms with Gasteiger partial charge in [0.2, 0.25) is 5.88 Å². The molecule has 2 aromatic carbocycles. The Kier molecular flexibility index (Phi) is 6.05. The zero-order chi connectivity index (χ0) is 22.1. The SMILES string of the molecule is O=C1N=c2c(Br)cccc2=C1c1sc(=Nc2ccccc2)n(CCN2CCOCC2)c1O. The van der Waals surface area contributed by atoms with E-state index in [9.17, 15) is 9.90 Å². The van der Waals surface area contributed by atoms with Gasteiger partial charge in [-0.15, -0.1) is 0 Å². The van der Waals surface area contributed by atoms with Crippen LogP contribution in [0.2, 0.25) is 0 Å². The third kappa shape index (κ3) is 4.09. The molecule has 2 aliphatic rings. The van der Waals surface area contributed by atoms with Crippen molar-refractivity contribution < 1.29 is 14.6 Å². The lowest BCUT2D eigenvalue weighted by Crippen LogP contribution is -2.38. The first-order valence-corrected chi connectivity index (χ1v) is 12.0. The molecule has 0 spiro atoms. The van der Waals surface area contributed by atoms with E-state index in [0.29, 0.717) is 45.6 Å². The maximum Gasteiger partial charge on any atom is 0.279 e. The Bertz CT molecular complexity index is 1360. The molecule has 1 fully saturated rings. The van der Waals surface area contributed by atoms with E-state index in [1.54, 1.807) is 4.57 Å². The van der Waals surface area contributed by atoms with Crippen molar-refractivity contribution in [3.63, 3.8) is 0 Å². The maximum atomic E-state index is 12.8. The van der Waals surface area contributed by atoms with Crippen LogP contribution in [0.15, 0.2) is 63.0 Å². The Morgan fingerprint density at radius 3 is 2.66 bits per heavy atom. The first-order valence-electron chi connectivity index (χ1n) is 10.4. The van der Waals surface area contributed by atoms with E-state index < -0.39 is 0 Å². The highest BCUT2D eigenvalue weighted by atomic mass is 79.9. The topological polar surface area (TPSA) is 79.4 Å². The minimum absolute atomic E-state index is 0.0457. The zero-order valence-electron chi connectivity index (χ0n) is 17.2. The molecule has 3 heterocycles. The van der Waals surface area contributed by atoms with Crippen LogP contribution in [0.3, 0.4) is 0 Å². The Morgan fingerprint density at radius 1 is 1.09 bits per heavy atom. The van der Waals surface area contributed by atoms with Gasteiger partial charge in [-0.05, 0) is 34.1 Å². The van der Waals surface area contributed by atoms with Gasteiger partial charge in [-0.2, -0.15) is 0 Å². The van der Waals surface area contributed by atoms with Crippen molar-refractivity contribution in [3.8, 4) is 5.88 Å². The Labute approximate surface area is 196 Å². The van der Waals surface area contributed by atoms with Gasteiger partial charge in [-0.1, -0.05) is 41.7 Å². The summed E-state index contributed by atoms with van der Waals surface area (Å²) < 4.78 is 7.98. The van der Waals surface area contributed by atoms with Gasteiger partial charge < -0.3 is 9.84 Å². The largest absolute Gasteiger partial charge is 0.493 e. The number of halogens is 1. The third-order valence-electron chi connectivity index (χ3n) is 5.52. The van der Waals surface area contributed by atoms with Crippen LogP contribution < -0.4 is 15.4 Å². The molecule has 0 unspecified atom stereocenters. The number of benzene rings is 2. The molecule has 1 N–H and O–H groups in total. The van der Waals surface area contributed by atoms with Gasteiger partial charge in [0.15, 0.2) is 4.80 Å². The Hall–Kier alpha value is -2.59. The van der Waals surface area contributed by atoms with Gasteiger partial charge in [-0.25, -0.2) is 9.98 Å². The van der Waals surface area contributed by atoms with Crippen LogP contribution in [0, 0.1) is 0 Å². The molecule has 5 rings (SSSR count). The first-order chi connectivity index (χ1) is 15.6. The van der Waals surface area contributed by atoms with E-state index >= 15 is 0 Å². The molecule has 32 heavy (non-hydrogen) atoms. The fourth-order valence-corrected chi connectivity index (χ4v) is 5.43. The second-order valence-corrected chi connectivity index (χ2v) is 9.35. The minimum atomic E-state index is -0.352. The van der Waals surface area contributed by atoms with Crippen molar-refractivity contribution >= 4 is 44.4 Å². The number of morpholine rings is 1. The summed E-state index contributed by atoms with van der Waals surface area (Å²) in [7, 11) is 0. The second-order valence-electron chi connectivity index (χ2n) is 7.52. The fourth-order valence-electron chi connectivity index (χ4n) is 3.85. The molecular weight excluding hydrogens is 492 g/mol. The van der Waals surface area contributed by atoms with Gasteiger partial charge in [0.25, 0.3) is 5.91 Å². The summed E-state index contributed by atoms with van der Waals surface area (Å²) in [5.74, 6) is -0.306. The highest BCUT2D eigenvalue weighted by Crippen LogP contribution is 2.29. The molecular formula is C23H21BrN4O3S. The van der Waals surface area contributed by atoms with Crippen LogP contribution in [0.1, 0.15) is 4.88 Å². The zero-order valence-corrected chi connectivity index (χ0v) is 19.6. The molecule has 1 amide bonds. The summed E-state index contributed by atoms with van der Waals surface area (Å²) in [6.45, 7) is 4.46. The lowest BCUT2D eigenvalue weighted by atomic mass is 10.1. The van der Waals surface area contributed by atoms with Crippen molar-refractivity contribution in [2.75, 3.05) is 32.8 Å². The summed E-state index contributed by atoms with van der Waals surface area (Å²) in [5.41, 5.74) is 1.20. The van der Waals surface area contributed by atoms with E-state index in [2.05, 4.69) is 25.8 Å². The lowest BCUT2D eigenvalue weighted by molar-refractivity contribution is -0.112. The number of fused-ring (bicyclic) bond motifs is 1. The highest BCUT2D eigenvalue weighted by Gasteiger charge is 2.26. The van der Waals surface area contributed by atoms with Crippen molar-refractivity contribution in [2.45, 2.75) is 6.54 Å². The van der Waals surface area contributed by atoms with Gasteiger partial charge >= 0.3 is 0 Å². The van der Waals surface area contributed by atoms with Crippen molar-refractivity contribution in [2.24, 2.45) is 9.98 Å². The van der Waals surface area contributed by atoms with Crippen LogP contribution >= 0.6 is 27.3 Å². The number of hydrogen-bond acceptors (Lipinski definition) is 6. The number of hydrogen-bond donors (Lipinski definition) is 1. The van der Waals surface area contributed by atoms with Crippen molar-refractivity contribution in [3.05, 3.63) is 73.3 Å². The van der Waals surface area contributed by atoms with Gasteiger partial charge in [0.05, 0.1) is 29.8 Å². The number of aromatic nitrogens is 1. The molecule has 1 aromatic heterocycles. The van der Waals surface area contributed by atoms with Gasteiger partial charge in [0, 0.05) is 35.9 Å². The van der Waals surface area contributed by atoms with E-state index in [-0.39, 0.29) is 11.8 Å². The smallest absolute Gasteiger partial charge is 0.279 e. The van der Waals surface area contributed by atoms with Crippen LogP contribution in [0.4, 0.5) is 5.69 Å². The third-order valence-corrected chi connectivity index (χ3v) is 7.24. The molecule has 2 aliphatic heterocycles. The fraction of sp³-hybridized carbons (Fsp3) is 0.261. The van der Waals surface area contributed by atoms with Crippen molar-refractivity contribution in [1.82, 2.24) is 9.47 Å². The number of carbonyl (C=O) groups excluding carboxylic acids is 1. The van der Waals surface area contributed by atoms with Gasteiger partial charge in [0.1, 0.15) is 4.88 Å². The first kappa shape index (κ1) is 21.3. The van der Waals surface area contributed by atoms with Crippen LogP contribution in [0.25, 0.3) is 5.57 Å². The molecule has 0 bridgehead atoms. The van der Waals surface area contributed by atoms with E-state index in [1.165, 1.54) is 11.3 Å². The quantitative estimate of drug-likeness (QED) is 0.566. The number of thiazole rings is 1. The second kappa shape index (κ2) is 9.11. The van der Waals surface area contributed by atoms with E-state index in [4.69, 9.17) is 9.73 Å². The summed E-state index contributed by atoms with van der Waals surface area (Å²) in [6, 6.07) is 15.2. The summed E-state index contributed by atoms with van der Waals surface area (Å²) in [6.07, 6.45) is 0. The number of rotatable bonds is 5. The summed E-state index contributed by atoms with van der Waals surface area (Å²) in [4.78, 5) is 25.2. The monoisotopic (exact) mass is 512 g/mol. The molecule has 7 nitrogen and oxygen atoms in total. The molecule has 0 radical (unpaired) electrons. The molecule has 0 atom stereocenters. The predicted molar refractivity (Wildman–Crippen MR) is 125 cm³/mol. The number of para-hydroxylation sites is 2. The average molecular weight is 513 g/mol. The number of carbonyl (C=O) groups is 1. The number of ether oxygens (including phenoxy) is 1. The number of aromatic hydroxyl groups is 1. The molecule has 0 saturated carbocycles. The van der Waals surface area contributed by atoms with Crippen LogP contribution in [0.5, 0.6) is 5.88 Å². The standard InChI is InChI=1S/C23H21BrN4O3S/c24-17-8-4-7-16-18(21(29)26-19(16)17)20-22(30)28(10-9-27-11-13-31-14-12-27)23(32-20)25-15-5-2-1-3-6-15/h1-8,30H,9-14H2. The van der Waals surface area contributed by atoms with Crippen LogP contribution in [-0.2, 0) is 16.1 Å². The summed E-state index contributed by atoms with van der Waals surface area (Å²) in [5, 5.41) is 12.5. The number of nitrogens with zero attached hydrogens (tertiary/aromatic N) is 4. The molecule has 164 valence electrons. The predicted octanol–water partition coefficient (Wildman–Crippen LogP) is 1.94.